The molecule has 2 aliphatic rings. The van der Waals surface area contributed by atoms with Crippen molar-refractivity contribution in [1.82, 2.24) is 10.2 Å². The third-order valence-electron chi connectivity index (χ3n) is 5.59. The summed E-state index contributed by atoms with van der Waals surface area (Å²) in [6.07, 6.45) is 5.69. The van der Waals surface area contributed by atoms with Crippen LogP contribution in [0.1, 0.15) is 59.8 Å². The quantitative estimate of drug-likeness (QED) is 0.758. The highest BCUT2D eigenvalue weighted by molar-refractivity contribution is 5.80. The molecule has 0 radical (unpaired) electrons. The minimum Gasteiger partial charge on any atom is -0.480 e. The van der Waals surface area contributed by atoms with Crippen LogP contribution in [0.5, 0.6) is 0 Å². The summed E-state index contributed by atoms with van der Waals surface area (Å²) in [5, 5.41) is 13.3. The normalized spacial score (nSPS) is 25.8. The fourth-order valence-electron chi connectivity index (χ4n) is 3.65. The van der Waals surface area contributed by atoms with E-state index >= 15 is 0 Å². The average molecular weight is 296 g/mol. The number of hydrogen-bond acceptors (Lipinski definition) is 3. The minimum atomic E-state index is -0.742. The molecule has 2 fully saturated rings. The largest absolute Gasteiger partial charge is 0.480 e. The molecule has 4 nitrogen and oxygen atoms in total. The maximum Gasteiger partial charge on any atom is 0.325 e. The van der Waals surface area contributed by atoms with E-state index in [2.05, 4.69) is 24.1 Å². The van der Waals surface area contributed by atoms with Crippen molar-refractivity contribution >= 4 is 5.97 Å². The number of aliphatic carboxylic acids is 1. The van der Waals surface area contributed by atoms with Crippen molar-refractivity contribution < 1.29 is 9.90 Å². The van der Waals surface area contributed by atoms with Gasteiger partial charge in [0, 0.05) is 12.6 Å². The van der Waals surface area contributed by atoms with Crippen LogP contribution in [0.2, 0.25) is 0 Å². The molecule has 21 heavy (non-hydrogen) atoms. The molecule has 1 aliphatic carbocycles. The fraction of sp³-hybridized carbons (Fsp3) is 0.941. The highest BCUT2D eigenvalue weighted by Crippen LogP contribution is 2.42. The highest BCUT2D eigenvalue weighted by atomic mass is 16.4. The number of hydrogen-bond donors (Lipinski definition) is 2. The van der Waals surface area contributed by atoms with Crippen LogP contribution in [0, 0.1) is 11.3 Å². The van der Waals surface area contributed by atoms with Gasteiger partial charge in [0.2, 0.25) is 0 Å². The van der Waals surface area contributed by atoms with Crippen LogP contribution >= 0.6 is 0 Å². The third-order valence-corrected chi connectivity index (χ3v) is 5.59. The summed E-state index contributed by atoms with van der Waals surface area (Å²) in [6.45, 7) is 11.4. The van der Waals surface area contributed by atoms with E-state index in [0.717, 1.165) is 25.9 Å². The van der Waals surface area contributed by atoms with E-state index in [-0.39, 0.29) is 6.04 Å². The molecule has 1 heterocycles. The number of carboxylic acids is 1. The Labute approximate surface area is 129 Å². The first-order valence-corrected chi connectivity index (χ1v) is 8.55. The van der Waals surface area contributed by atoms with Gasteiger partial charge in [-0.2, -0.15) is 0 Å². The zero-order chi connectivity index (χ0) is 15.7. The van der Waals surface area contributed by atoms with Crippen LogP contribution in [0.15, 0.2) is 0 Å². The molecule has 2 rings (SSSR count). The molecular weight excluding hydrogens is 264 g/mol. The Bertz CT molecular complexity index is 371. The van der Waals surface area contributed by atoms with Crippen LogP contribution in [-0.2, 0) is 4.79 Å². The summed E-state index contributed by atoms with van der Waals surface area (Å²) in [7, 11) is 0. The summed E-state index contributed by atoms with van der Waals surface area (Å²) in [6, 6.07) is 0.201. The maximum absolute atomic E-state index is 12.0. The Hall–Kier alpha value is -0.610. The van der Waals surface area contributed by atoms with Crippen LogP contribution < -0.4 is 5.32 Å². The lowest BCUT2D eigenvalue weighted by Crippen LogP contribution is -2.63. The van der Waals surface area contributed by atoms with Crippen molar-refractivity contribution in [3.63, 3.8) is 0 Å². The number of piperidine rings is 1. The summed E-state index contributed by atoms with van der Waals surface area (Å²) < 4.78 is 0. The Morgan fingerprint density at radius 2 is 1.95 bits per heavy atom. The second kappa shape index (κ2) is 6.25. The van der Waals surface area contributed by atoms with Crippen molar-refractivity contribution in [2.45, 2.75) is 71.4 Å². The molecule has 1 saturated carbocycles. The van der Waals surface area contributed by atoms with E-state index in [1.165, 1.54) is 19.3 Å². The van der Waals surface area contributed by atoms with E-state index in [4.69, 9.17) is 0 Å². The topological polar surface area (TPSA) is 52.6 Å². The zero-order valence-corrected chi connectivity index (χ0v) is 14.1. The van der Waals surface area contributed by atoms with E-state index in [0.29, 0.717) is 17.9 Å². The van der Waals surface area contributed by atoms with Gasteiger partial charge in [0.25, 0.3) is 0 Å². The van der Waals surface area contributed by atoms with Gasteiger partial charge >= 0.3 is 5.97 Å². The molecule has 1 aliphatic heterocycles. The van der Waals surface area contributed by atoms with Gasteiger partial charge in [-0.3, -0.25) is 10.1 Å². The number of rotatable bonds is 7. The van der Waals surface area contributed by atoms with Crippen molar-refractivity contribution in [2.24, 2.45) is 11.3 Å². The fourth-order valence-corrected chi connectivity index (χ4v) is 3.65. The zero-order valence-electron chi connectivity index (χ0n) is 14.1. The molecule has 0 spiro atoms. The molecule has 122 valence electrons. The molecule has 0 aromatic heterocycles. The third kappa shape index (κ3) is 3.78. The van der Waals surface area contributed by atoms with Crippen LogP contribution in [-0.4, -0.2) is 47.2 Å². The number of nitrogens with one attached hydrogen (secondary N) is 1. The lowest BCUT2D eigenvalue weighted by atomic mass is 9.77. The van der Waals surface area contributed by atoms with Gasteiger partial charge in [-0.25, -0.2) is 0 Å². The molecule has 1 saturated heterocycles. The smallest absolute Gasteiger partial charge is 0.325 e. The highest BCUT2D eigenvalue weighted by Gasteiger charge is 2.52. The van der Waals surface area contributed by atoms with Gasteiger partial charge in [-0.1, -0.05) is 20.3 Å². The molecule has 1 atom stereocenters. The first-order chi connectivity index (χ1) is 9.81. The molecule has 0 amide bonds. The van der Waals surface area contributed by atoms with E-state index in [9.17, 15) is 9.90 Å². The van der Waals surface area contributed by atoms with Crippen LogP contribution in [0.3, 0.4) is 0 Å². The second-order valence-electron chi connectivity index (χ2n) is 7.79. The summed E-state index contributed by atoms with van der Waals surface area (Å²) in [4.78, 5) is 14.4. The van der Waals surface area contributed by atoms with Gasteiger partial charge in [-0.15, -0.1) is 0 Å². The Morgan fingerprint density at radius 3 is 2.33 bits per heavy atom. The number of carbonyl (C=O) groups is 1. The number of carboxylic acid groups (broad SMARTS) is 1. The minimum absolute atomic E-state index is 0.201. The molecule has 0 aromatic rings. The molecule has 4 heteroatoms. The summed E-state index contributed by atoms with van der Waals surface area (Å²) in [5.74, 6) is -0.362. The van der Waals surface area contributed by atoms with E-state index < -0.39 is 11.5 Å². The average Bonchev–Trinajstić information content (AvgIpc) is 3.24. The summed E-state index contributed by atoms with van der Waals surface area (Å²) in [5.41, 5.74) is -0.290. The van der Waals surface area contributed by atoms with E-state index in [1.807, 2.05) is 13.8 Å². The Kier molecular flexibility index (Phi) is 4.99. The van der Waals surface area contributed by atoms with Crippen molar-refractivity contribution in [2.75, 3.05) is 19.6 Å². The molecule has 0 bridgehead atoms. The Morgan fingerprint density at radius 1 is 1.38 bits per heavy atom. The van der Waals surface area contributed by atoms with Gasteiger partial charge in [0.15, 0.2) is 0 Å². The van der Waals surface area contributed by atoms with Crippen LogP contribution in [0.25, 0.3) is 0 Å². The second-order valence-corrected chi connectivity index (χ2v) is 7.79. The monoisotopic (exact) mass is 296 g/mol. The maximum atomic E-state index is 12.0. The van der Waals surface area contributed by atoms with Crippen molar-refractivity contribution in [1.29, 1.82) is 0 Å². The van der Waals surface area contributed by atoms with Gasteiger partial charge < -0.3 is 10.0 Å². The van der Waals surface area contributed by atoms with Crippen LogP contribution in [0.4, 0.5) is 0 Å². The molecule has 2 N–H and O–H groups in total. The predicted octanol–water partition coefficient (Wildman–Crippen LogP) is 2.73. The summed E-state index contributed by atoms with van der Waals surface area (Å²) >= 11 is 0. The van der Waals surface area contributed by atoms with Gasteiger partial charge in [0.1, 0.15) is 5.54 Å². The molecule has 0 aromatic carbocycles. The predicted molar refractivity (Wildman–Crippen MR) is 85.4 cm³/mol. The first-order valence-electron chi connectivity index (χ1n) is 8.55. The van der Waals surface area contributed by atoms with Gasteiger partial charge in [0.05, 0.1) is 0 Å². The van der Waals surface area contributed by atoms with Gasteiger partial charge in [-0.05, 0) is 64.0 Å². The van der Waals surface area contributed by atoms with Crippen molar-refractivity contribution in [3.8, 4) is 0 Å². The lowest BCUT2D eigenvalue weighted by molar-refractivity contribution is -0.147. The van der Waals surface area contributed by atoms with Crippen molar-refractivity contribution in [3.05, 3.63) is 0 Å². The standard InChI is InChI=1S/C17H32N2O2/c1-5-16(4)8-10-19(11-9-16)12-17(15(20)21,14-6-7-14)18-13(2)3/h13-14,18H,5-12H2,1-4H3,(H,20,21). The molecular formula is C17H32N2O2. The molecule has 1 unspecified atom stereocenters. The lowest BCUT2D eigenvalue weighted by Gasteiger charge is -2.43. The first kappa shape index (κ1) is 16.8. The Balaban J connectivity index is 2.04. The number of likely N-dealkylation sites (tertiary alicyclic amines) is 1. The number of nitrogens with zero attached hydrogens (tertiary/aromatic N) is 1. The SMILES string of the molecule is CCC1(C)CCN(CC(NC(C)C)(C(=O)O)C2CC2)CC1. The van der Waals surface area contributed by atoms with E-state index in [1.54, 1.807) is 0 Å².